The summed E-state index contributed by atoms with van der Waals surface area (Å²) in [6, 6.07) is 0. The van der Waals surface area contributed by atoms with Crippen LogP contribution in [0.5, 0.6) is 0 Å². The normalized spacial score (nSPS) is 17.3. The fraction of sp³-hybridized carbons (Fsp3) is 0.929. The van der Waals surface area contributed by atoms with Crippen LogP contribution in [0.2, 0.25) is 0 Å². The van der Waals surface area contributed by atoms with Gasteiger partial charge in [0.25, 0.3) is 0 Å². The second kappa shape index (κ2) is 7.70. The molecule has 0 spiro atoms. The molecular weight excluding hydrogens is 244 g/mol. The molecule has 1 aliphatic rings. The molecular formula is C14H28N2O3. The number of hydrogen-bond acceptors (Lipinski definition) is 4. The molecule has 0 radical (unpaired) electrons. The smallest absolute Gasteiger partial charge is 0.410 e. The van der Waals surface area contributed by atoms with Crippen molar-refractivity contribution in [1.82, 2.24) is 10.2 Å². The summed E-state index contributed by atoms with van der Waals surface area (Å²) in [7, 11) is 1.74. The van der Waals surface area contributed by atoms with E-state index in [4.69, 9.17) is 9.47 Å². The third-order valence-electron chi connectivity index (χ3n) is 3.09. The molecule has 1 N–H and O–H groups in total. The molecule has 0 atom stereocenters. The second-order valence-electron chi connectivity index (χ2n) is 6.17. The summed E-state index contributed by atoms with van der Waals surface area (Å²) in [5.74, 6) is 0.660. The Kier molecular flexibility index (Phi) is 6.58. The van der Waals surface area contributed by atoms with Crippen LogP contribution in [0.15, 0.2) is 0 Å². The average molecular weight is 272 g/mol. The molecule has 0 unspecified atom stereocenters. The largest absolute Gasteiger partial charge is 0.444 e. The van der Waals surface area contributed by atoms with Gasteiger partial charge >= 0.3 is 6.09 Å². The lowest BCUT2D eigenvalue weighted by Crippen LogP contribution is -2.36. The van der Waals surface area contributed by atoms with Crippen molar-refractivity contribution in [3.8, 4) is 0 Å². The highest BCUT2D eigenvalue weighted by molar-refractivity contribution is 5.67. The van der Waals surface area contributed by atoms with E-state index in [2.05, 4.69) is 5.32 Å². The molecule has 5 heteroatoms. The summed E-state index contributed by atoms with van der Waals surface area (Å²) in [5.41, 5.74) is -0.443. The van der Waals surface area contributed by atoms with E-state index < -0.39 is 5.60 Å². The molecule has 0 aromatic carbocycles. The molecule has 1 aliphatic heterocycles. The SMILES string of the molecule is CN(CCOCC1CCNCC1)C(=O)OC(C)(C)C. The van der Waals surface area contributed by atoms with Gasteiger partial charge in [-0.3, -0.25) is 0 Å². The Morgan fingerprint density at radius 2 is 1.95 bits per heavy atom. The van der Waals surface area contributed by atoms with Gasteiger partial charge in [-0.15, -0.1) is 0 Å². The van der Waals surface area contributed by atoms with Crippen LogP contribution in [-0.2, 0) is 9.47 Å². The minimum absolute atomic E-state index is 0.294. The zero-order chi connectivity index (χ0) is 14.3. The first-order valence-electron chi connectivity index (χ1n) is 7.11. The van der Waals surface area contributed by atoms with Gasteiger partial charge in [-0.05, 0) is 52.6 Å². The lowest BCUT2D eigenvalue weighted by Gasteiger charge is -2.25. The number of carbonyl (C=O) groups is 1. The van der Waals surface area contributed by atoms with E-state index in [1.807, 2.05) is 20.8 Å². The van der Waals surface area contributed by atoms with Crippen LogP contribution in [0, 0.1) is 5.92 Å². The van der Waals surface area contributed by atoms with Gasteiger partial charge in [0.05, 0.1) is 6.61 Å². The highest BCUT2D eigenvalue weighted by Gasteiger charge is 2.19. The van der Waals surface area contributed by atoms with Crippen molar-refractivity contribution in [3.63, 3.8) is 0 Å². The van der Waals surface area contributed by atoms with Crippen molar-refractivity contribution in [3.05, 3.63) is 0 Å². The number of piperidine rings is 1. The third-order valence-corrected chi connectivity index (χ3v) is 3.09. The van der Waals surface area contributed by atoms with Gasteiger partial charge in [0.1, 0.15) is 5.60 Å². The highest BCUT2D eigenvalue weighted by Crippen LogP contribution is 2.12. The fourth-order valence-electron chi connectivity index (χ4n) is 1.93. The number of hydrogen-bond donors (Lipinski definition) is 1. The van der Waals surface area contributed by atoms with Crippen molar-refractivity contribution in [2.75, 3.05) is 39.9 Å². The average Bonchev–Trinajstić information content (AvgIpc) is 2.33. The van der Waals surface area contributed by atoms with E-state index in [1.54, 1.807) is 11.9 Å². The minimum atomic E-state index is -0.443. The zero-order valence-electron chi connectivity index (χ0n) is 12.7. The number of amides is 1. The van der Waals surface area contributed by atoms with Crippen LogP contribution in [0.3, 0.4) is 0 Å². The number of nitrogens with zero attached hydrogens (tertiary/aromatic N) is 1. The van der Waals surface area contributed by atoms with E-state index in [-0.39, 0.29) is 6.09 Å². The monoisotopic (exact) mass is 272 g/mol. The lowest BCUT2D eigenvalue weighted by molar-refractivity contribution is 0.0201. The molecule has 1 rings (SSSR count). The van der Waals surface area contributed by atoms with Gasteiger partial charge in [-0.25, -0.2) is 4.79 Å². The van der Waals surface area contributed by atoms with E-state index >= 15 is 0 Å². The number of carbonyl (C=O) groups excluding carboxylic acids is 1. The molecule has 1 heterocycles. The van der Waals surface area contributed by atoms with Gasteiger partial charge in [0.15, 0.2) is 0 Å². The summed E-state index contributed by atoms with van der Waals surface area (Å²) in [6.45, 7) is 9.71. The summed E-state index contributed by atoms with van der Waals surface area (Å²) < 4.78 is 10.9. The van der Waals surface area contributed by atoms with Crippen molar-refractivity contribution < 1.29 is 14.3 Å². The number of ether oxygens (including phenoxy) is 2. The number of likely N-dealkylation sites (N-methyl/N-ethyl adjacent to an activating group) is 1. The first-order valence-corrected chi connectivity index (χ1v) is 7.11. The minimum Gasteiger partial charge on any atom is -0.444 e. The van der Waals surface area contributed by atoms with Crippen molar-refractivity contribution in [2.45, 2.75) is 39.2 Å². The molecule has 1 saturated heterocycles. The number of nitrogens with one attached hydrogen (secondary N) is 1. The quantitative estimate of drug-likeness (QED) is 0.776. The molecule has 1 fully saturated rings. The first-order chi connectivity index (χ1) is 8.88. The van der Waals surface area contributed by atoms with Gasteiger partial charge in [0, 0.05) is 20.2 Å². The summed E-state index contributed by atoms with van der Waals surface area (Å²) in [4.78, 5) is 13.3. The van der Waals surface area contributed by atoms with Gasteiger partial charge in [0.2, 0.25) is 0 Å². The Bertz CT molecular complexity index is 270. The molecule has 1 amide bonds. The molecule has 0 aromatic rings. The Morgan fingerprint density at radius 3 is 2.53 bits per heavy atom. The second-order valence-corrected chi connectivity index (χ2v) is 6.17. The van der Waals surface area contributed by atoms with Crippen LogP contribution in [0.25, 0.3) is 0 Å². The standard InChI is InChI=1S/C14H28N2O3/c1-14(2,3)19-13(17)16(4)9-10-18-11-12-5-7-15-8-6-12/h12,15H,5-11H2,1-4H3. The van der Waals surface area contributed by atoms with Crippen LogP contribution in [0.4, 0.5) is 4.79 Å². The first kappa shape index (κ1) is 16.2. The summed E-state index contributed by atoms with van der Waals surface area (Å²) >= 11 is 0. The Hall–Kier alpha value is -0.810. The van der Waals surface area contributed by atoms with Crippen molar-refractivity contribution in [1.29, 1.82) is 0 Å². The van der Waals surface area contributed by atoms with E-state index in [1.165, 1.54) is 12.8 Å². The number of rotatable bonds is 5. The Labute approximate surface area is 116 Å². The topological polar surface area (TPSA) is 50.8 Å². The van der Waals surface area contributed by atoms with Gasteiger partial charge in [-0.1, -0.05) is 0 Å². The predicted octanol–water partition coefficient (Wildman–Crippen LogP) is 1.87. The highest BCUT2D eigenvalue weighted by atomic mass is 16.6. The Balaban J connectivity index is 2.09. The predicted molar refractivity (Wildman–Crippen MR) is 75.3 cm³/mol. The fourth-order valence-corrected chi connectivity index (χ4v) is 1.93. The molecule has 0 aromatic heterocycles. The van der Waals surface area contributed by atoms with Crippen molar-refractivity contribution >= 4 is 6.09 Å². The van der Waals surface area contributed by atoms with E-state index in [0.717, 1.165) is 19.7 Å². The molecule has 19 heavy (non-hydrogen) atoms. The molecule has 5 nitrogen and oxygen atoms in total. The molecule has 112 valence electrons. The summed E-state index contributed by atoms with van der Waals surface area (Å²) in [5, 5.41) is 3.34. The van der Waals surface area contributed by atoms with Crippen LogP contribution in [0.1, 0.15) is 33.6 Å². The van der Waals surface area contributed by atoms with Gasteiger partial charge < -0.3 is 19.7 Å². The van der Waals surface area contributed by atoms with Crippen LogP contribution >= 0.6 is 0 Å². The zero-order valence-corrected chi connectivity index (χ0v) is 12.7. The molecule has 0 aliphatic carbocycles. The summed E-state index contributed by atoms with van der Waals surface area (Å²) in [6.07, 6.45) is 2.07. The van der Waals surface area contributed by atoms with Crippen LogP contribution in [-0.4, -0.2) is 56.5 Å². The van der Waals surface area contributed by atoms with E-state index in [9.17, 15) is 4.79 Å². The third kappa shape index (κ3) is 7.38. The molecule has 0 bridgehead atoms. The Morgan fingerprint density at radius 1 is 1.32 bits per heavy atom. The van der Waals surface area contributed by atoms with Crippen molar-refractivity contribution in [2.24, 2.45) is 5.92 Å². The van der Waals surface area contributed by atoms with Crippen LogP contribution < -0.4 is 5.32 Å². The van der Waals surface area contributed by atoms with E-state index in [0.29, 0.717) is 19.1 Å². The lowest BCUT2D eigenvalue weighted by atomic mass is 9.99. The van der Waals surface area contributed by atoms with Gasteiger partial charge in [-0.2, -0.15) is 0 Å². The maximum absolute atomic E-state index is 11.7. The maximum atomic E-state index is 11.7. The maximum Gasteiger partial charge on any atom is 0.410 e. The molecule has 0 saturated carbocycles.